The highest BCUT2D eigenvalue weighted by Crippen LogP contribution is 2.21. The molecule has 0 amide bonds. The van der Waals surface area contributed by atoms with Crippen molar-refractivity contribution in [1.82, 2.24) is 15.6 Å². The second-order valence-electron chi connectivity index (χ2n) is 6.39. The van der Waals surface area contributed by atoms with E-state index in [-0.39, 0.29) is 24.0 Å². The summed E-state index contributed by atoms with van der Waals surface area (Å²) in [6, 6.07) is 8.30. The van der Waals surface area contributed by atoms with Crippen molar-refractivity contribution >= 4 is 41.3 Å². The average molecular weight is 502 g/mol. The molecule has 1 aromatic carbocycles. The first-order chi connectivity index (χ1) is 12.5. The summed E-state index contributed by atoms with van der Waals surface area (Å²) < 4.78 is 5.21. The predicted octanol–water partition coefficient (Wildman–Crippen LogP) is 4.29. The van der Waals surface area contributed by atoms with Crippen LogP contribution in [0.25, 0.3) is 0 Å². The Morgan fingerprint density at radius 1 is 1.19 bits per heavy atom. The number of rotatable bonds is 8. The van der Waals surface area contributed by atoms with Crippen LogP contribution in [0.15, 0.2) is 29.3 Å². The number of ether oxygens (including phenoxy) is 1. The van der Waals surface area contributed by atoms with E-state index >= 15 is 0 Å². The second-order valence-corrected chi connectivity index (χ2v) is 7.68. The van der Waals surface area contributed by atoms with Crippen LogP contribution in [-0.4, -0.2) is 38.2 Å². The molecule has 2 aromatic rings. The van der Waals surface area contributed by atoms with Gasteiger partial charge in [0, 0.05) is 31.4 Å². The highest BCUT2D eigenvalue weighted by Gasteiger charge is 2.07. The SMILES string of the molecule is CN=C(NCCc1nc(C)c(C)s1)NCCC(C)c1ccc(OC)cc1.I. The number of aromatic nitrogens is 1. The van der Waals surface area contributed by atoms with Crippen molar-refractivity contribution in [2.75, 3.05) is 27.2 Å². The maximum absolute atomic E-state index is 5.21. The number of nitrogens with zero attached hydrogens (tertiary/aromatic N) is 2. The number of halogens is 1. The smallest absolute Gasteiger partial charge is 0.190 e. The molecule has 5 nitrogen and oxygen atoms in total. The minimum Gasteiger partial charge on any atom is -0.497 e. The molecule has 1 unspecified atom stereocenters. The van der Waals surface area contributed by atoms with Crippen LogP contribution >= 0.6 is 35.3 Å². The van der Waals surface area contributed by atoms with E-state index in [4.69, 9.17) is 4.74 Å². The molecule has 27 heavy (non-hydrogen) atoms. The fourth-order valence-corrected chi connectivity index (χ4v) is 3.59. The van der Waals surface area contributed by atoms with Crippen LogP contribution in [0.2, 0.25) is 0 Å². The standard InChI is InChI=1S/C20H30N4OS.HI/c1-14(17-6-8-18(25-5)9-7-17)10-12-22-20(21-4)23-13-11-19-24-15(2)16(3)26-19;/h6-9,14H,10-13H2,1-5H3,(H2,21,22,23);1H. The van der Waals surface area contributed by atoms with Gasteiger partial charge in [-0.15, -0.1) is 35.3 Å². The van der Waals surface area contributed by atoms with Gasteiger partial charge >= 0.3 is 0 Å². The maximum Gasteiger partial charge on any atom is 0.190 e. The van der Waals surface area contributed by atoms with E-state index in [1.54, 1.807) is 25.5 Å². The fraction of sp³-hybridized carbons (Fsp3) is 0.500. The highest BCUT2D eigenvalue weighted by molar-refractivity contribution is 14.0. The number of hydrogen-bond donors (Lipinski definition) is 2. The number of guanidine groups is 1. The normalized spacial score (nSPS) is 12.3. The summed E-state index contributed by atoms with van der Waals surface area (Å²) in [4.78, 5) is 10.2. The first kappa shape index (κ1) is 23.7. The second kappa shape index (κ2) is 12.2. The van der Waals surface area contributed by atoms with Crippen LogP contribution in [0, 0.1) is 13.8 Å². The molecule has 0 saturated carbocycles. The van der Waals surface area contributed by atoms with E-state index in [0.29, 0.717) is 5.92 Å². The molecule has 0 fully saturated rings. The number of methoxy groups -OCH3 is 1. The van der Waals surface area contributed by atoms with Crippen LogP contribution in [0.1, 0.15) is 40.4 Å². The number of benzene rings is 1. The van der Waals surface area contributed by atoms with Crippen molar-refractivity contribution in [3.8, 4) is 5.75 Å². The Hall–Kier alpha value is -1.35. The van der Waals surface area contributed by atoms with E-state index in [1.807, 2.05) is 12.1 Å². The molecule has 7 heteroatoms. The number of nitrogens with one attached hydrogen (secondary N) is 2. The molecule has 1 aromatic heterocycles. The van der Waals surface area contributed by atoms with Crippen molar-refractivity contribution in [2.24, 2.45) is 4.99 Å². The molecule has 0 spiro atoms. The Morgan fingerprint density at radius 3 is 2.41 bits per heavy atom. The van der Waals surface area contributed by atoms with E-state index in [0.717, 1.165) is 43.3 Å². The molecule has 0 aliphatic carbocycles. The van der Waals surface area contributed by atoms with Crippen LogP contribution < -0.4 is 15.4 Å². The fourth-order valence-electron chi connectivity index (χ4n) is 2.66. The number of thiazole rings is 1. The molecule has 0 aliphatic heterocycles. The molecule has 0 aliphatic rings. The molecule has 0 bridgehead atoms. The van der Waals surface area contributed by atoms with Gasteiger partial charge in [-0.1, -0.05) is 19.1 Å². The highest BCUT2D eigenvalue weighted by atomic mass is 127. The average Bonchev–Trinajstić information content (AvgIpc) is 2.98. The van der Waals surface area contributed by atoms with Gasteiger partial charge in [0.25, 0.3) is 0 Å². The summed E-state index contributed by atoms with van der Waals surface area (Å²) in [6.07, 6.45) is 1.96. The predicted molar refractivity (Wildman–Crippen MR) is 126 cm³/mol. The lowest BCUT2D eigenvalue weighted by molar-refractivity contribution is 0.414. The first-order valence-corrected chi connectivity index (χ1v) is 9.86. The zero-order valence-electron chi connectivity index (χ0n) is 16.8. The zero-order valence-corrected chi connectivity index (χ0v) is 20.0. The lowest BCUT2D eigenvalue weighted by atomic mass is 9.98. The van der Waals surface area contributed by atoms with E-state index in [9.17, 15) is 0 Å². The molecule has 1 heterocycles. The van der Waals surface area contributed by atoms with Gasteiger partial charge in [0.15, 0.2) is 5.96 Å². The third-order valence-electron chi connectivity index (χ3n) is 4.48. The van der Waals surface area contributed by atoms with Gasteiger partial charge in [0.2, 0.25) is 0 Å². The van der Waals surface area contributed by atoms with Gasteiger partial charge in [0.1, 0.15) is 5.75 Å². The number of aryl methyl sites for hydroxylation is 2. The van der Waals surface area contributed by atoms with Crippen LogP contribution in [0.5, 0.6) is 5.75 Å². The van der Waals surface area contributed by atoms with Crippen LogP contribution in [0.3, 0.4) is 0 Å². The molecule has 0 radical (unpaired) electrons. The minimum absolute atomic E-state index is 0. The van der Waals surface area contributed by atoms with Gasteiger partial charge in [-0.3, -0.25) is 4.99 Å². The van der Waals surface area contributed by atoms with E-state index < -0.39 is 0 Å². The lowest BCUT2D eigenvalue weighted by Crippen LogP contribution is -2.39. The Bertz CT molecular complexity index is 696. The Kier molecular flexibility index (Phi) is 10.7. The topological polar surface area (TPSA) is 58.5 Å². The molecule has 150 valence electrons. The molecule has 1 atom stereocenters. The lowest BCUT2D eigenvalue weighted by Gasteiger charge is -2.15. The quantitative estimate of drug-likeness (QED) is 0.321. The maximum atomic E-state index is 5.21. The summed E-state index contributed by atoms with van der Waals surface area (Å²) in [5.74, 6) is 2.22. The van der Waals surface area contributed by atoms with Crippen molar-refractivity contribution in [3.05, 3.63) is 45.4 Å². The molecule has 2 N–H and O–H groups in total. The van der Waals surface area contributed by atoms with Crippen molar-refractivity contribution in [1.29, 1.82) is 0 Å². The Labute approximate surface area is 184 Å². The van der Waals surface area contributed by atoms with Crippen LogP contribution in [0.4, 0.5) is 0 Å². The minimum atomic E-state index is 0. The van der Waals surface area contributed by atoms with Crippen molar-refractivity contribution in [2.45, 2.75) is 39.5 Å². The van der Waals surface area contributed by atoms with Gasteiger partial charge in [-0.25, -0.2) is 4.98 Å². The summed E-state index contributed by atoms with van der Waals surface area (Å²) >= 11 is 1.78. The van der Waals surface area contributed by atoms with Gasteiger partial charge in [-0.05, 0) is 43.9 Å². The van der Waals surface area contributed by atoms with Crippen LogP contribution in [-0.2, 0) is 6.42 Å². The summed E-state index contributed by atoms with van der Waals surface area (Å²) in [5, 5.41) is 7.93. The monoisotopic (exact) mass is 502 g/mol. The molecule has 2 rings (SSSR count). The first-order valence-electron chi connectivity index (χ1n) is 9.04. The third-order valence-corrected chi connectivity index (χ3v) is 5.62. The van der Waals surface area contributed by atoms with E-state index in [2.05, 4.69) is 53.5 Å². The van der Waals surface area contributed by atoms with E-state index in [1.165, 1.54) is 15.4 Å². The van der Waals surface area contributed by atoms with Gasteiger partial charge in [-0.2, -0.15) is 0 Å². The molecular formula is C20H31IN4OS. The molecule has 0 saturated heterocycles. The number of aliphatic imine (C=N–C) groups is 1. The summed E-state index contributed by atoms with van der Waals surface area (Å²) in [5.41, 5.74) is 2.46. The van der Waals surface area contributed by atoms with Crippen molar-refractivity contribution in [3.63, 3.8) is 0 Å². The van der Waals surface area contributed by atoms with Gasteiger partial charge in [0.05, 0.1) is 17.8 Å². The summed E-state index contributed by atoms with van der Waals surface area (Å²) in [7, 11) is 3.50. The van der Waals surface area contributed by atoms with Gasteiger partial charge < -0.3 is 15.4 Å². The summed E-state index contributed by atoms with van der Waals surface area (Å²) in [6.45, 7) is 8.14. The van der Waals surface area contributed by atoms with Crippen molar-refractivity contribution < 1.29 is 4.74 Å². The zero-order chi connectivity index (χ0) is 18.9. The third kappa shape index (κ3) is 7.65. The molecular weight excluding hydrogens is 471 g/mol. The Balaban J connectivity index is 0.00000364. The Morgan fingerprint density at radius 2 is 1.85 bits per heavy atom. The number of hydrogen-bond acceptors (Lipinski definition) is 4. The largest absolute Gasteiger partial charge is 0.497 e.